The van der Waals surface area contributed by atoms with E-state index in [9.17, 15) is 4.79 Å². The zero-order valence-corrected chi connectivity index (χ0v) is 9.31. The molecular weight excluding hydrogens is 204 g/mol. The average molecular weight is 220 g/mol. The fourth-order valence-corrected chi connectivity index (χ4v) is 1.39. The van der Waals surface area contributed by atoms with Gasteiger partial charge < -0.3 is 10.6 Å². The van der Waals surface area contributed by atoms with E-state index >= 15 is 0 Å². The zero-order chi connectivity index (χ0) is 11.4. The van der Waals surface area contributed by atoms with Gasteiger partial charge in [-0.1, -0.05) is 0 Å². The lowest BCUT2D eigenvalue weighted by Crippen LogP contribution is -2.36. The molecular formula is C11H16N4O. The summed E-state index contributed by atoms with van der Waals surface area (Å²) < 4.78 is 0. The molecule has 5 nitrogen and oxygen atoms in total. The molecule has 1 unspecified atom stereocenters. The number of nitrogens with zero attached hydrogens (tertiary/aromatic N) is 2. The fraction of sp³-hybridized carbons (Fsp3) is 0.545. The highest BCUT2D eigenvalue weighted by Crippen LogP contribution is 2.18. The molecule has 2 N–H and O–H groups in total. The van der Waals surface area contributed by atoms with Crippen molar-refractivity contribution in [2.24, 2.45) is 0 Å². The standard InChI is InChI=1S/C11H16N4O/c1-8(10-6-12-4-5-13-10)14-7-11(16)15-9-2-3-9/h4-6,8-9,14H,2-3,7H2,1H3,(H,15,16). The second kappa shape index (κ2) is 5.03. The van der Waals surface area contributed by atoms with Gasteiger partial charge in [0.15, 0.2) is 0 Å². The molecule has 2 rings (SSSR count). The quantitative estimate of drug-likeness (QED) is 0.754. The lowest BCUT2D eigenvalue weighted by atomic mass is 10.2. The van der Waals surface area contributed by atoms with Crippen molar-refractivity contribution >= 4 is 5.91 Å². The summed E-state index contributed by atoms with van der Waals surface area (Å²) in [5.41, 5.74) is 0.849. The highest BCUT2D eigenvalue weighted by Gasteiger charge is 2.23. The van der Waals surface area contributed by atoms with Gasteiger partial charge in [-0.05, 0) is 19.8 Å². The first-order chi connectivity index (χ1) is 7.75. The van der Waals surface area contributed by atoms with E-state index < -0.39 is 0 Å². The van der Waals surface area contributed by atoms with Crippen molar-refractivity contribution < 1.29 is 4.79 Å². The Morgan fingerprint density at radius 2 is 2.38 bits per heavy atom. The van der Waals surface area contributed by atoms with Gasteiger partial charge in [-0.3, -0.25) is 14.8 Å². The first-order valence-electron chi connectivity index (χ1n) is 5.54. The second-order valence-electron chi connectivity index (χ2n) is 4.07. The van der Waals surface area contributed by atoms with E-state index in [1.807, 2.05) is 6.92 Å². The summed E-state index contributed by atoms with van der Waals surface area (Å²) in [7, 11) is 0. The van der Waals surface area contributed by atoms with Crippen molar-refractivity contribution in [2.75, 3.05) is 6.54 Å². The molecule has 0 bridgehead atoms. The maximum atomic E-state index is 11.4. The number of nitrogens with one attached hydrogen (secondary N) is 2. The van der Waals surface area contributed by atoms with Crippen LogP contribution in [-0.4, -0.2) is 28.5 Å². The van der Waals surface area contributed by atoms with Crippen LogP contribution in [0.1, 0.15) is 31.5 Å². The minimum Gasteiger partial charge on any atom is -0.352 e. The minimum absolute atomic E-state index is 0.0404. The van der Waals surface area contributed by atoms with E-state index in [4.69, 9.17) is 0 Å². The Hall–Kier alpha value is -1.49. The van der Waals surface area contributed by atoms with Gasteiger partial charge in [-0.15, -0.1) is 0 Å². The SMILES string of the molecule is CC(NCC(=O)NC1CC1)c1cnccn1. The molecule has 1 aliphatic rings. The molecule has 5 heteroatoms. The molecule has 1 saturated carbocycles. The highest BCUT2D eigenvalue weighted by molar-refractivity contribution is 5.78. The summed E-state index contributed by atoms with van der Waals surface area (Å²) in [6.45, 7) is 2.29. The molecule has 1 aromatic heterocycles. The third kappa shape index (κ3) is 3.27. The van der Waals surface area contributed by atoms with Crippen LogP contribution in [0.2, 0.25) is 0 Å². The van der Waals surface area contributed by atoms with Gasteiger partial charge in [-0.25, -0.2) is 0 Å². The Bertz CT molecular complexity index is 350. The van der Waals surface area contributed by atoms with Gasteiger partial charge in [0.05, 0.1) is 12.2 Å². The number of hydrogen-bond acceptors (Lipinski definition) is 4. The van der Waals surface area contributed by atoms with Gasteiger partial charge in [0.25, 0.3) is 0 Å². The Labute approximate surface area is 94.7 Å². The van der Waals surface area contributed by atoms with Crippen LogP contribution in [0.15, 0.2) is 18.6 Å². The third-order valence-corrected chi connectivity index (χ3v) is 2.54. The lowest BCUT2D eigenvalue weighted by Gasteiger charge is -2.12. The van der Waals surface area contributed by atoms with Crippen molar-refractivity contribution in [3.05, 3.63) is 24.3 Å². The van der Waals surface area contributed by atoms with Crippen LogP contribution < -0.4 is 10.6 Å². The van der Waals surface area contributed by atoms with Crippen LogP contribution in [0.4, 0.5) is 0 Å². The monoisotopic (exact) mass is 220 g/mol. The van der Waals surface area contributed by atoms with Gasteiger partial charge in [0, 0.05) is 30.7 Å². The Morgan fingerprint density at radius 3 is 3.00 bits per heavy atom. The Balaban J connectivity index is 1.74. The van der Waals surface area contributed by atoms with E-state index in [-0.39, 0.29) is 11.9 Å². The molecule has 0 spiro atoms. The largest absolute Gasteiger partial charge is 0.352 e. The lowest BCUT2D eigenvalue weighted by molar-refractivity contribution is -0.120. The normalized spacial score (nSPS) is 16.8. The van der Waals surface area contributed by atoms with E-state index in [0.29, 0.717) is 12.6 Å². The molecule has 0 aromatic carbocycles. The molecule has 16 heavy (non-hydrogen) atoms. The summed E-state index contributed by atoms with van der Waals surface area (Å²) in [5.74, 6) is 0.0539. The molecule has 1 aliphatic carbocycles. The van der Waals surface area contributed by atoms with Crippen molar-refractivity contribution in [1.82, 2.24) is 20.6 Å². The number of rotatable bonds is 5. The summed E-state index contributed by atoms with van der Waals surface area (Å²) in [4.78, 5) is 19.6. The summed E-state index contributed by atoms with van der Waals surface area (Å²) in [6, 6.07) is 0.458. The second-order valence-corrected chi connectivity index (χ2v) is 4.07. The van der Waals surface area contributed by atoms with Crippen LogP contribution in [0.5, 0.6) is 0 Å². The number of carbonyl (C=O) groups excluding carboxylic acids is 1. The third-order valence-electron chi connectivity index (χ3n) is 2.54. The average Bonchev–Trinajstić information content (AvgIpc) is 3.11. The highest BCUT2D eigenvalue weighted by atomic mass is 16.2. The smallest absolute Gasteiger partial charge is 0.234 e. The molecule has 1 amide bonds. The summed E-state index contributed by atoms with van der Waals surface area (Å²) in [6.07, 6.45) is 7.22. The molecule has 1 atom stereocenters. The molecule has 1 heterocycles. The van der Waals surface area contributed by atoms with Crippen LogP contribution >= 0.6 is 0 Å². The number of carbonyl (C=O) groups is 1. The van der Waals surface area contributed by atoms with E-state index in [2.05, 4.69) is 20.6 Å². The van der Waals surface area contributed by atoms with Gasteiger partial charge in [0.2, 0.25) is 5.91 Å². The van der Waals surface area contributed by atoms with Crippen molar-refractivity contribution in [1.29, 1.82) is 0 Å². The number of aromatic nitrogens is 2. The molecule has 1 fully saturated rings. The van der Waals surface area contributed by atoms with E-state index in [1.165, 1.54) is 0 Å². The topological polar surface area (TPSA) is 66.9 Å². The first kappa shape index (κ1) is 11.0. The molecule has 0 aliphatic heterocycles. The van der Waals surface area contributed by atoms with Crippen molar-refractivity contribution in [3.63, 3.8) is 0 Å². The Morgan fingerprint density at radius 1 is 1.56 bits per heavy atom. The fourth-order valence-electron chi connectivity index (χ4n) is 1.39. The van der Waals surface area contributed by atoms with Crippen LogP contribution in [0, 0.1) is 0 Å². The van der Waals surface area contributed by atoms with E-state index in [0.717, 1.165) is 18.5 Å². The van der Waals surface area contributed by atoms with Crippen LogP contribution in [-0.2, 0) is 4.79 Å². The predicted octanol–water partition coefficient (Wildman–Crippen LogP) is 0.406. The molecule has 1 aromatic rings. The molecule has 0 radical (unpaired) electrons. The zero-order valence-electron chi connectivity index (χ0n) is 9.31. The van der Waals surface area contributed by atoms with Gasteiger partial charge in [0.1, 0.15) is 0 Å². The maximum Gasteiger partial charge on any atom is 0.234 e. The van der Waals surface area contributed by atoms with E-state index in [1.54, 1.807) is 18.6 Å². The van der Waals surface area contributed by atoms with Crippen LogP contribution in [0.25, 0.3) is 0 Å². The molecule has 0 saturated heterocycles. The van der Waals surface area contributed by atoms with Crippen molar-refractivity contribution in [2.45, 2.75) is 31.8 Å². The van der Waals surface area contributed by atoms with Gasteiger partial charge >= 0.3 is 0 Å². The first-order valence-corrected chi connectivity index (χ1v) is 5.54. The number of hydrogen-bond donors (Lipinski definition) is 2. The number of amides is 1. The summed E-state index contributed by atoms with van der Waals surface area (Å²) in [5, 5.41) is 6.04. The van der Waals surface area contributed by atoms with Crippen molar-refractivity contribution in [3.8, 4) is 0 Å². The minimum atomic E-state index is 0.0404. The predicted molar refractivity (Wildman–Crippen MR) is 59.6 cm³/mol. The Kier molecular flexibility index (Phi) is 3.46. The maximum absolute atomic E-state index is 11.4. The van der Waals surface area contributed by atoms with Gasteiger partial charge in [-0.2, -0.15) is 0 Å². The molecule has 86 valence electrons. The summed E-state index contributed by atoms with van der Waals surface area (Å²) >= 11 is 0. The van der Waals surface area contributed by atoms with Crippen LogP contribution in [0.3, 0.4) is 0 Å².